The molecule has 0 aliphatic rings. The smallest absolute Gasteiger partial charge is 0.337 e. The number of carbonyl (C=O) groups is 2. The molecule has 0 aliphatic carbocycles. The molecular weight excluding hydrogens is 329 g/mol. The van der Waals surface area contributed by atoms with Gasteiger partial charge in [-0.25, -0.2) is 9.18 Å². The second-order valence-corrected chi connectivity index (χ2v) is 4.94. The van der Waals surface area contributed by atoms with Crippen LogP contribution in [0.25, 0.3) is 6.08 Å². The van der Waals surface area contributed by atoms with Crippen LogP contribution in [0.2, 0.25) is 0 Å². The number of carboxylic acids is 1. The summed E-state index contributed by atoms with van der Waals surface area (Å²) in [5.74, 6) is -1.72. The van der Waals surface area contributed by atoms with Crippen LogP contribution in [-0.2, 0) is 4.79 Å². The molecule has 0 radical (unpaired) electrons. The lowest BCUT2D eigenvalue weighted by Gasteiger charge is -2.13. The van der Waals surface area contributed by atoms with Gasteiger partial charge in [0.05, 0.1) is 25.5 Å². The molecule has 2 aromatic carbocycles. The van der Waals surface area contributed by atoms with Gasteiger partial charge in [-0.2, -0.15) is 0 Å². The van der Waals surface area contributed by atoms with E-state index in [1.54, 1.807) is 6.07 Å². The van der Waals surface area contributed by atoms with E-state index in [4.69, 9.17) is 9.47 Å². The number of halogens is 1. The topological polar surface area (TPSA) is 84.9 Å². The minimum Gasteiger partial charge on any atom is -0.493 e. The van der Waals surface area contributed by atoms with E-state index >= 15 is 0 Å². The first-order chi connectivity index (χ1) is 11.9. The molecule has 0 spiro atoms. The van der Waals surface area contributed by atoms with Gasteiger partial charge in [0.15, 0.2) is 11.5 Å². The van der Waals surface area contributed by atoms with E-state index in [0.717, 1.165) is 0 Å². The molecule has 1 amide bonds. The van der Waals surface area contributed by atoms with Crippen LogP contribution < -0.4 is 14.8 Å². The minimum absolute atomic E-state index is 0.0547. The summed E-state index contributed by atoms with van der Waals surface area (Å²) in [6, 6.07) is 8.32. The first-order valence-electron chi connectivity index (χ1n) is 7.18. The molecule has 7 heteroatoms. The highest BCUT2D eigenvalue weighted by atomic mass is 19.1. The van der Waals surface area contributed by atoms with Crippen molar-refractivity contribution in [2.75, 3.05) is 19.5 Å². The van der Waals surface area contributed by atoms with E-state index < -0.39 is 17.7 Å². The molecule has 2 aromatic rings. The van der Waals surface area contributed by atoms with Crippen LogP contribution >= 0.6 is 0 Å². The summed E-state index contributed by atoms with van der Waals surface area (Å²) in [6.45, 7) is 0. The minimum atomic E-state index is -1.23. The fraction of sp³-hybridized carbons (Fsp3) is 0.111. The van der Waals surface area contributed by atoms with Gasteiger partial charge in [0.1, 0.15) is 5.82 Å². The van der Waals surface area contributed by atoms with Crippen LogP contribution in [0.5, 0.6) is 11.5 Å². The van der Waals surface area contributed by atoms with Crippen molar-refractivity contribution >= 4 is 23.6 Å². The third-order valence-corrected chi connectivity index (χ3v) is 3.29. The van der Waals surface area contributed by atoms with Crippen molar-refractivity contribution in [1.29, 1.82) is 0 Å². The zero-order valence-corrected chi connectivity index (χ0v) is 13.6. The Kier molecular flexibility index (Phi) is 5.73. The number of benzene rings is 2. The van der Waals surface area contributed by atoms with E-state index in [0.29, 0.717) is 5.56 Å². The number of nitrogens with one attached hydrogen (secondary N) is 1. The zero-order chi connectivity index (χ0) is 18.4. The average molecular weight is 345 g/mol. The fourth-order valence-electron chi connectivity index (χ4n) is 2.12. The predicted octanol–water partition coefficient (Wildman–Crippen LogP) is 3.19. The van der Waals surface area contributed by atoms with Crippen LogP contribution in [-0.4, -0.2) is 31.2 Å². The highest BCUT2D eigenvalue weighted by Crippen LogP contribution is 2.33. The lowest BCUT2D eigenvalue weighted by Crippen LogP contribution is -2.12. The van der Waals surface area contributed by atoms with Crippen LogP contribution in [0, 0.1) is 5.82 Å². The summed E-state index contributed by atoms with van der Waals surface area (Å²) in [7, 11) is 2.78. The number of carboxylic acid groups (broad SMARTS) is 1. The maximum atomic E-state index is 13.1. The molecule has 0 heterocycles. The SMILES string of the molecule is COc1cc(NC(=O)/C=C/c2cccc(F)c2)c(C(=O)O)cc1OC. The first kappa shape index (κ1) is 18.0. The van der Waals surface area contributed by atoms with E-state index in [1.165, 1.54) is 56.7 Å². The van der Waals surface area contributed by atoms with E-state index in [2.05, 4.69) is 5.32 Å². The van der Waals surface area contributed by atoms with Gasteiger partial charge < -0.3 is 19.9 Å². The van der Waals surface area contributed by atoms with Crippen LogP contribution in [0.3, 0.4) is 0 Å². The summed E-state index contributed by atoms with van der Waals surface area (Å²) in [6.07, 6.45) is 2.59. The Bertz CT molecular complexity index is 832. The summed E-state index contributed by atoms with van der Waals surface area (Å²) in [5.41, 5.74) is 0.408. The predicted molar refractivity (Wildman–Crippen MR) is 90.6 cm³/mol. The number of rotatable bonds is 6. The molecule has 130 valence electrons. The monoisotopic (exact) mass is 345 g/mol. The number of hydrogen-bond acceptors (Lipinski definition) is 4. The third-order valence-electron chi connectivity index (χ3n) is 3.29. The number of ether oxygens (including phenoxy) is 2. The highest BCUT2D eigenvalue weighted by Gasteiger charge is 2.17. The van der Waals surface area contributed by atoms with Gasteiger partial charge in [-0.15, -0.1) is 0 Å². The molecule has 0 bridgehead atoms. The van der Waals surface area contributed by atoms with Crippen molar-refractivity contribution in [3.63, 3.8) is 0 Å². The van der Waals surface area contributed by atoms with E-state index in [1.807, 2.05) is 0 Å². The molecule has 6 nitrogen and oxygen atoms in total. The Balaban J connectivity index is 2.26. The van der Waals surface area contributed by atoms with E-state index in [9.17, 15) is 19.1 Å². The molecular formula is C18H16FNO5. The number of hydrogen-bond donors (Lipinski definition) is 2. The normalized spacial score (nSPS) is 10.5. The molecule has 0 aromatic heterocycles. The highest BCUT2D eigenvalue weighted by molar-refractivity contribution is 6.06. The Morgan fingerprint density at radius 3 is 2.40 bits per heavy atom. The molecule has 2 N–H and O–H groups in total. The van der Waals surface area contributed by atoms with E-state index in [-0.39, 0.29) is 22.7 Å². The first-order valence-corrected chi connectivity index (χ1v) is 7.18. The van der Waals surface area contributed by atoms with Crippen LogP contribution in [0.1, 0.15) is 15.9 Å². The Morgan fingerprint density at radius 1 is 1.12 bits per heavy atom. The second-order valence-electron chi connectivity index (χ2n) is 4.94. The third kappa shape index (κ3) is 4.57. The fourth-order valence-corrected chi connectivity index (χ4v) is 2.12. The van der Waals surface area contributed by atoms with Gasteiger partial charge in [-0.05, 0) is 23.8 Å². The summed E-state index contributed by atoms with van der Waals surface area (Å²) in [5, 5.41) is 11.8. The number of amides is 1. The summed E-state index contributed by atoms with van der Waals surface area (Å²) >= 11 is 0. The lowest BCUT2D eigenvalue weighted by atomic mass is 10.1. The molecule has 0 fully saturated rings. The molecule has 0 aliphatic heterocycles. The van der Waals surface area contributed by atoms with Crippen molar-refractivity contribution < 1.29 is 28.6 Å². The molecule has 0 saturated carbocycles. The Labute approximate surface area is 143 Å². The molecule has 2 rings (SSSR count). The average Bonchev–Trinajstić information content (AvgIpc) is 2.59. The second kappa shape index (κ2) is 7.96. The molecule has 0 saturated heterocycles. The number of anilines is 1. The van der Waals surface area contributed by atoms with Crippen molar-refractivity contribution in [2.24, 2.45) is 0 Å². The number of aromatic carboxylic acids is 1. The van der Waals surface area contributed by atoms with Gasteiger partial charge in [0.2, 0.25) is 5.91 Å². The van der Waals surface area contributed by atoms with Gasteiger partial charge in [-0.3, -0.25) is 4.79 Å². The lowest BCUT2D eigenvalue weighted by molar-refractivity contribution is -0.111. The molecule has 0 unspecified atom stereocenters. The van der Waals surface area contributed by atoms with Gasteiger partial charge in [0.25, 0.3) is 0 Å². The standard InChI is InChI=1S/C18H16FNO5/c1-24-15-9-13(18(22)23)14(10-16(15)25-2)20-17(21)7-6-11-4-3-5-12(19)8-11/h3-10H,1-2H3,(H,20,21)(H,22,23)/b7-6+. The van der Waals surface area contributed by atoms with Gasteiger partial charge >= 0.3 is 5.97 Å². The quantitative estimate of drug-likeness (QED) is 0.786. The largest absolute Gasteiger partial charge is 0.493 e. The van der Waals surface area contributed by atoms with Crippen molar-refractivity contribution in [3.8, 4) is 11.5 Å². The summed E-state index contributed by atoms with van der Waals surface area (Å²) in [4.78, 5) is 23.4. The maximum absolute atomic E-state index is 13.1. The van der Waals surface area contributed by atoms with Gasteiger partial charge in [0, 0.05) is 18.2 Å². The number of methoxy groups -OCH3 is 2. The zero-order valence-electron chi connectivity index (χ0n) is 13.6. The molecule has 0 atom stereocenters. The molecule has 25 heavy (non-hydrogen) atoms. The number of carbonyl (C=O) groups excluding carboxylic acids is 1. The van der Waals surface area contributed by atoms with Crippen LogP contribution in [0.4, 0.5) is 10.1 Å². The Hall–Kier alpha value is -3.35. The summed E-state index contributed by atoms with van der Waals surface area (Å²) < 4.78 is 23.3. The van der Waals surface area contributed by atoms with Gasteiger partial charge in [-0.1, -0.05) is 12.1 Å². The Morgan fingerprint density at radius 2 is 1.80 bits per heavy atom. The van der Waals surface area contributed by atoms with Crippen molar-refractivity contribution in [3.05, 3.63) is 59.4 Å². The van der Waals surface area contributed by atoms with Crippen molar-refractivity contribution in [1.82, 2.24) is 0 Å². The van der Waals surface area contributed by atoms with Crippen molar-refractivity contribution in [2.45, 2.75) is 0 Å². The maximum Gasteiger partial charge on any atom is 0.337 e. The van der Waals surface area contributed by atoms with Crippen LogP contribution in [0.15, 0.2) is 42.5 Å².